The number of benzene rings is 1. The smallest absolute Gasteiger partial charge is 0.0212 e. The molecule has 0 saturated heterocycles. The molecule has 2 N–H and O–H groups in total. The summed E-state index contributed by atoms with van der Waals surface area (Å²) in [5.74, 6) is 0.784. The molecule has 0 bridgehead atoms. The van der Waals surface area contributed by atoms with Crippen LogP contribution < -0.4 is 5.73 Å². The lowest BCUT2D eigenvalue weighted by molar-refractivity contribution is 0.442. The Hall–Kier alpha value is -0.340. The molecule has 0 unspecified atom stereocenters. The number of unbranched alkanes of at least 4 members (excludes halogenated alkanes) is 1. The van der Waals surface area contributed by atoms with Crippen LogP contribution in [0.1, 0.15) is 62.0 Å². The van der Waals surface area contributed by atoms with Crippen molar-refractivity contribution < 1.29 is 0 Å². The van der Waals surface area contributed by atoms with E-state index in [-0.39, 0.29) is 0 Å². The van der Waals surface area contributed by atoms with E-state index < -0.39 is 0 Å². The van der Waals surface area contributed by atoms with Crippen LogP contribution in [-0.2, 0) is 6.42 Å². The number of nitrogens with two attached hydrogens (primary N) is 1. The molecule has 1 aliphatic rings. The van der Waals surface area contributed by atoms with Crippen molar-refractivity contribution in [1.82, 2.24) is 0 Å². The molecule has 0 amide bonds. The molecular weight excluding hydrogens is 286 g/mol. The third-order valence-corrected chi connectivity index (χ3v) is 4.72. The lowest BCUT2D eigenvalue weighted by atomic mass is 9.84. The quantitative estimate of drug-likeness (QED) is 0.778. The highest BCUT2D eigenvalue weighted by Gasteiger charge is 2.17. The van der Waals surface area contributed by atoms with Crippen LogP contribution in [0.4, 0.5) is 0 Å². The maximum Gasteiger partial charge on any atom is 0.0212 e. The molecule has 1 saturated carbocycles. The fraction of sp³-hybridized carbons (Fsp3) is 0.625. The molecule has 0 aromatic heterocycles. The number of hydrogen-bond donors (Lipinski definition) is 1. The topological polar surface area (TPSA) is 26.0 Å². The van der Waals surface area contributed by atoms with Crippen molar-refractivity contribution in [2.45, 2.75) is 57.3 Å². The Morgan fingerprint density at radius 3 is 2.56 bits per heavy atom. The van der Waals surface area contributed by atoms with E-state index in [1.54, 1.807) is 0 Å². The first-order valence-corrected chi connectivity index (χ1v) is 8.09. The normalized spacial score (nSPS) is 17.0. The maximum absolute atomic E-state index is 5.53. The summed E-state index contributed by atoms with van der Waals surface area (Å²) in [7, 11) is 0. The van der Waals surface area contributed by atoms with Crippen LogP contribution in [0.2, 0.25) is 0 Å². The summed E-state index contributed by atoms with van der Waals surface area (Å²) in [6, 6.07) is 6.98. The minimum atomic E-state index is 0.784. The SMILES string of the molecule is NCCCCc1ccc(C2CCCCC2)c(Br)c1. The average Bonchev–Trinajstić information content (AvgIpc) is 2.40. The van der Waals surface area contributed by atoms with Crippen LogP contribution in [0, 0.1) is 0 Å². The van der Waals surface area contributed by atoms with E-state index in [4.69, 9.17) is 5.73 Å². The Balaban J connectivity index is 2.00. The molecule has 1 aromatic carbocycles. The van der Waals surface area contributed by atoms with Crippen LogP contribution in [0.5, 0.6) is 0 Å². The summed E-state index contributed by atoms with van der Waals surface area (Å²) in [5, 5.41) is 0. The Labute approximate surface area is 119 Å². The molecule has 100 valence electrons. The first kappa shape index (κ1) is 14.1. The molecule has 2 heteroatoms. The molecule has 0 aliphatic heterocycles. The molecular formula is C16H24BrN. The molecule has 0 atom stereocenters. The Kier molecular flexibility index (Phi) is 5.71. The van der Waals surface area contributed by atoms with Crippen molar-refractivity contribution in [3.63, 3.8) is 0 Å². The third-order valence-electron chi connectivity index (χ3n) is 4.03. The van der Waals surface area contributed by atoms with Crippen molar-refractivity contribution in [2.75, 3.05) is 6.54 Å². The highest BCUT2D eigenvalue weighted by Crippen LogP contribution is 2.36. The summed E-state index contributed by atoms with van der Waals surface area (Å²) in [5.41, 5.74) is 8.50. The second kappa shape index (κ2) is 7.30. The largest absolute Gasteiger partial charge is 0.330 e. The number of aryl methyl sites for hydroxylation is 1. The van der Waals surface area contributed by atoms with Crippen LogP contribution in [-0.4, -0.2) is 6.54 Å². The monoisotopic (exact) mass is 309 g/mol. The highest BCUT2D eigenvalue weighted by molar-refractivity contribution is 9.10. The van der Waals surface area contributed by atoms with Gasteiger partial charge in [-0.05, 0) is 61.8 Å². The zero-order valence-corrected chi connectivity index (χ0v) is 12.7. The van der Waals surface area contributed by atoms with Crippen LogP contribution in [0.25, 0.3) is 0 Å². The third kappa shape index (κ3) is 3.83. The first-order chi connectivity index (χ1) is 8.81. The van der Waals surface area contributed by atoms with Gasteiger partial charge in [-0.2, -0.15) is 0 Å². The van der Waals surface area contributed by atoms with Gasteiger partial charge in [0.2, 0.25) is 0 Å². The summed E-state index contributed by atoms with van der Waals surface area (Å²) in [4.78, 5) is 0. The Bertz CT molecular complexity index is 369. The van der Waals surface area contributed by atoms with E-state index in [9.17, 15) is 0 Å². The Morgan fingerprint density at radius 2 is 1.89 bits per heavy atom. The minimum Gasteiger partial charge on any atom is -0.330 e. The van der Waals surface area contributed by atoms with Gasteiger partial charge >= 0.3 is 0 Å². The van der Waals surface area contributed by atoms with Gasteiger partial charge in [-0.15, -0.1) is 0 Å². The highest BCUT2D eigenvalue weighted by atomic mass is 79.9. The van der Waals surface area contributed by atoms with Crippen molar-refractivity contribution in [3.8, 4) is 0 Å². The van der Waals surface area contributed by atoms with Gasteiger partial charge in [0, 0.05) is 4.47 Å². The lowest BCUT2D eigenvalue weighted by Crippen LogP contribution is -2.05. The second-order valence-corrected chi connectivity index (χ2v) is 6.29. The average molecular weight is 310 g/mol. The summed E-state index contributed by atoms with van der Waals surface area (Å²) >= 11 is 3.77. The zero-order valence-electron chi connectivity index (χ0n) is 11.1. The van der Waals surface area contributed by atoms with Gasteiger partial charge in [0.25, 0.3) is 0 Å². The van der Waals surface area contributed by atoms with E-state index >= 15 is 0 Å². The Morgan fingerprint density at radius 1 is 1.11 bits per heavy atom. The van der Waals surface area contributed by atoms with Gasteiger partial charge in [-0.1, -0.05) is 47.3 Å². The van der Waals surface area contributed by atoms with Crippen LogP contribution in [0.15, 0.2) is 22.7 Å². The van der Waals surface area contributed by atoms with Crippen LogP contribution >= 0.6 is 15.9 Å². The van der Waals surface area contributed by atoms with Gasteiger partial charge in [-0.25, -0.2) is 0 Å². The molecule has 2 rings (SSSR count). The van der Waals surface area contributed by atoms with Gasteiger partial charge < -0.3 is 5.73 Å². The standard InChI is InChI=1S/C16H24BrN/c17-16-12-13(6-4-5-11-18)9-10-15(16)14-7-2-1-3-8-14/h9-10,12,14H,1-8,11,18H2. The predicted molar refractivity (Wildman–Crippen MR) is 82.0 cm³/mol. The molecule has 0 spiro atoms. The van der Waals surface area contributed by atoms with Gasteiger partial charge in [0.05, 0.1) is 0 Å². The summed E-state index contributed by atoms with van der Waals surface area (Å²) in [6.07, 6.45) is 10.4. The minimum absolute atomic E-state index is 0.784. The van der Waals surface area contributed by atoms with Crippen molar-refractivity contribution in [1.29, 1.82) is 0 Å². The molecule has 1 nitrogen and oxygen atoms in total. The fourth-order valence-corrected chi connectivity index (χ4v) is 3.69. The predicted octanol–water partition coefficient (Wildman–Crippen LogP) is 4.78. The number of halogens is 1. The maximum atomic E-state index is 5.53. The number of hydrogen-bond acceptors (Lipinski definition) is 1. The van der Waals surface area contributed by atoms with Crippen molar-refractivity contribution in [2.24, 2.45) is 5.73 Å². The molecule has 0 radical (unpaired) electrons. The van der Waals surface area contributed by atoms with E-state index in [0.717, 1.165) is 25.3 Å². The summed E-state index contributed by atoms with van der Waals surface area (Å²) in [6.45, 7) is 0.807. The lowest BCUT2D eigenvalue weighted by Gasteiger charge is -2.23. The van der Waals surface area contributed by atoms with Crippen molar-refractivity contribution in [3.05, 3.63) is 33.8 Å². The van der Waals surface area contributed by atoms with Crippen LogP contribution in [0.3, 0.4) is 0 Å². The van der Waals surface area contributed by atoms with E-state index in [0.29, 0.717) is 0 Å². The van der Waals surface area contributed by atoms with Gasteiger partial charge in [0.1, 0.15) is 0 Å². The molecule has 18 heavy (non-hydrogen) atoms. The van der Waals surface area contributed by atoms with Gasteiger partial charge in [-0.3, -0.25) is 0 Å². The van der Waals surface area contributed by atoms with Crippen molar-refractivity contribution >= 4 is 15.9 Å². The van der Waals surface area contributed by atoms with Gasteiger partial charge in [0.15, 0.2) is 0 Å². The molecule has 1 fully saturated rings. The zero-order chi connectivity index (χ0) is 12.8. The van der Waals surface area contributed by atoms with E-state index in [2.05, 4.69) is 34.1 Å². The summed E-state index contributed by atoms with van der Waals surface area (Å²) < 4.78 is 1.32. The van der Waals surface area contributed by atoms with E-state index in [1.807, 2.05) is 0 Å². The van der Waals surface area contributed by atoms with E-state index in [1.165, 1.54) is 54.1 Å². The molecule has 1 aliphatic carbocycles. The first-order valence-electron chi connectivity index (χ1n) is 7.29. The fourth-order valence-electron chi connectivity index (χ4n) is 2.94. The second-order valence-electron chi connectivity index (χ2n) is 5.44. The number of rotatable bonds is 5. The molecule has 0 heterocycles. The molecule has 1 aromatic rings.